The lowest BCUT2D eigenvalue weighted by molar-refractivity contribution is 0.102. The quantitative estimate of drug-likeness (QED) is 0.690. The molecule has 2 aromatic heterocycles. The minimum atomic E-state index is -0.359. The SMILES string of the molecule is Cc1nn(C)c2nc(C3CC3)cc(C(=O)Nc3cc(F)ccc3N3CCCCC3)c12. The Kier molecular flexibility index (Phi) is 4.68. The molecule has 1 amide bonds. The molecule has 0 bridgehead atoms. The van der Waals surface area contributed by atoms with Crippen molar-refractivity contribution in [1.29, 1.82) is 0 Å². The van der Waals surface area contributed by atoms with Gasteiger partial charge in [0, 0.05) is 31.7 Å². The summed E-state index contributed by atoms with van der Waals surface area (Å²) >= 11 is 0. The molecule has 5 rings (SSSR count). The summed E-state index contributed by atoms with van der Waals surface area (Å²) in [4.78, 5) is 20.4. The van der Waals surface area contributed by atoms with Crippen LogP contribution >= 0.6 is 0 Å². The number of hydrogen-bond donors (Lipinski definition) is 1. The third-order valence-corrected chi connectivity index (χ3v) is 6.13. The molecule has 0 radical (unpaired) electrons. The summed E-state index contributed by atoms with van der Waals surface area (Å²) in [6.07, 6.45) is 5.61. The van der Waals surface area contributed by atoms with Gasteiger partial charge in [0.05, 0.1) is 28.0 Å². The Morgan fingerprint density at radius 3 is 2.67 bits per heavy atom. The highest BCUT2D eigenvalue weighted by molar-refractivity contribution is 6.13. The van der Waals surface area contributed by atoms with E-state index in [0.29, 0.717) is 17.2 Å². The highest BCUT2D eigenvalue weighted by Crippen LogP contribution is 2.40. The average molecular weight is 407 g/mol. The van der Waals surface area contributed by atoms with Crippen LogP contribution in [0.25, 0.3) is 11.0 Å². The summed E-state index contributed by atoms with van der Waals surface area (Å²) in [5.74, 6) is -0.194. The number of hydrogen-bond acceptors (Lipinski definition) is 4. The van der Waals surface area contributed by atoms with E-state index >= 15 is 0 Å². The Hall–Kier alpha value is -2.96. The van der Waals surface area contributed by atoms with Gasteiger partial charge in [-0.1, -0.05) is 0 Å². The maximum absolute atomic E-state index is 14.1. The second-order valence-corrected chi connectivity index (χ2v) is 8.44. The molecule has 1 saturated heterocycles. The van der Waals surface area contributed by atoms with E-state index in [0.717, 1.165) is 66.9 Å². The minimum Gasteiger partial charge on any atom is -0.370 e. The monoisotopic (exact) mass is 407 g/mol. The standard InChI is InChI=1S/C23H26FN5O/c1-14-21-17(13-18(15-6-7-15)25-22(21)28(2)27-14)23(30)26-19-12-16(24)8-9-20(19)29-10-4-3-5-11-29/h8-9,12-13,15H,3-7,10-11H2,1-2H3,(H,26,30). The number of carbonyl (C=O) groups is 1. The van der Waals surface area contributed by atoms with Crippen molar-refractivity contribution in [2.75, 3.05) is 23.3 Å². The van der Waals surface area contributed by atoms with E-state index in [-0.39, 0.29) is 11.7 Å². The van der Waals surface area contributed by atoms with Gasteiger partial charge in [0.25, 0.3) is 5.91 Å². The van der Waals surface area contributed by atoms with Crippen LogP contribution in [0.1, 0.15) is 59.8 Å². The normalized spacial score (nSPS) is 16.8. The minimum absolute atomic E-state index is 0.246. The van der Waals surface area contributed by atoms with Crippen LogP contribution in [0.4, 0.5) is 15.8 Å². The first-order chi connectivity index (χ1) is 14.5. The maximum Gasteiger partial charge on any atom is 0.256 e. The van der Waals surface area contributed by atoms with Crippen molar-refractivity contribution in [3.63, 3.8) is 0 Å². The van der Waals surface area contributed by atoms with Crippen molar-refractivity contribution in [2.45, 2.75) is 44.9 Å². The second kappa shape index (κ2) is 7.38. The van der Waals surface area contributed by atoms with Gasteiger partial charge >= 0.3 is 0 Å². The van der Waals surface area contributed by atoms with Gasteiger partial charge < -0.3 is 10.2 Å². The molecule has 3 aromatic rings. The first kappa shape index (κ1) is 19.0. The average Bonchev–Trinajstić information content (AvgIpc) is 3.54. The lowest BCUT2D eigenvalue weighted by Gasteiger charge is -2.30. The number of rotatable bonds is 4. The van der Waals surface area contributed by atoms with E-state index in [9.17, 15) is 9.18 Å². The van der Waals surface area contributed by atoms with E-state index in [1.165, 1.54) is 18.6 Å². The fourth-order valence-electron chi connectivity index (χ4n) is 4.44. The Labute approximate surface area is 175 Å². The number of halogens is 1. The summed E-state index contributed by atoms with van der Waals surface area (Å²) in [5, 5.41) is 8.23. The fourth-order valence-corrected chi connectivity index (χ4v) is 4.44. The highest BCUT2D eigenvalue weighted by Gasteiger charge is 2.29. The van der Waals surface area contributed by atoms with Crippen molar-refractivity contribution in [2.24, 2.45) is 7.05 Å². The summed E-state index contributed by atoms with van der Waals surface area (Å²) in [6, 6.07) is 6.53. The van der Waals surface area contributed by atoms with Gasteiger partial charge in [-0.15, -0.1) is 0 Å². The van der Waals surface area contributed by atoms with Crippen molar-refractivity contribution in [3.05, 3.63) is 47.0 Å². The third kappa shape index (κ3) is 3.42. The number of aromatic nitrogens is 3. The Morgan fingerprint density at radius 1 is 1.17 bits per heavy atom. The van der Waals surface area contributed by atoms with Crippen LogP contribution in [-0.2, 0) is 7.05 Å². The zero-order valence-corrected chi connectivity index (χ0v) is 17.4. The molecule has 1 aromatic carbocycles. The Morgan fingerprint density at radius 2 is 1.93 bits per heavy atom. The molecule has 156 valence electrons. The molecule has 30 heavy (non-hydrogen) atoms. The zero-order chi connectivity index (χ0) is 20.8. The van der Waals surface area contributed by atoms with E-state index < -0.39 is 0 Å². The number of benzene rings is 1. The Balaban J connectivity index is 1.55. The molecule has 0 atom stereocenters. The topological polar surface area (TPSA) is 63.1 Å². The molecule has 3 heterocycles. The van der Waals surface area contributed by atoms with Crippen LogP contribution in [0.15, 0.2) is 24.3 Å². The highest BCUT2D eigenvalue weighted by atomic mass is 19.1. The maximum atomic E-state index is 14.1. The molecule has 2 fully saturated rings. The number of pyridine rings is 1. The van der Waals surface area contributed by atoms with Gasteiger partial charge in [-0.2, -0.15) is 5.10 Å². The number of carbonyl (C=O) groups excluding carboxylic acids is 1. The summed E-state index contributed by atoms with van der Waals surface area (Å²) in [7, 11) is 1.85. The predicted molar refractivity (Wildman–Crippen MR) is 116 cm³/mol. The number of piperidine rings is 1. The molecule has 6 nitrogen and oxygen atoms in total. The molecule has 1 saturated carbocycles. The molecule has 0 unspecified atom stereocenters. The fraction of sp³-hybridized carbons (Fsp3) is 0.435. The summed E-state index contributed by atoms with van der Waals surface area (Å²) in [5.41, 5.74) is 4.37. The smallest absolute Gasteiger partial charge is 0.256 e. The number of aryl methyl sites for hydroxylation is 2. The number of nitrogens with zero attached hydrogens (tertiary/aromatic N) is 4. The molecular weight excluding hydrogens is 381 g/mol. The van der Waals surface area contributed by atoms with Crippen LogP contribution in [-0.4, -0.2) is 33.8 Å². The van der Waals surface area contributed by atoms with Crippen LogP contribution in [0.3, 0.4) is 0 Å². The van der Waals surface area contributed by atoms with Crippen LogP contribution in [0.2, 0.25) is 0 Å². The molecule has 7 heteroatoms. The number of fused-ring (bicyclic) bond motifs is 1. The van der Waals surface area contributed by atoms with Gasteiger partial charge in [-0.05, 0) is 63.3 Å². The first-order valence-corrected chi connectivity index (χ1v) is 10.7. The number of amides is 1. The zero-order valence-electron chi connectivity index (χ0n) is 17.4. The molecule has 2 aliphatic rings. The second-order valence-electron chi connectivity index (χ2n) is 8.44. The van der Waals surface area contributed by atoms with Gasteiger partial charge in [0.1, 0.15) is 5.82 Å². The predicted octanol–water partition coefficient (Wildman–Crippen LogP) is 4.54. The summed E-state index contributed by atoms with van der Waals surface area (Å²) < 4.78 is 15.8. The van der Waals surface area contributed by atoms with Gasteiger partial charge in [0.2, 0.25) is 0 Å². The number of anilines is 2. The molecule has 1 N–H and O–H groups in total. The van der Waals surface area contributed by atoms with Gasteiger partial charge in [-0.3, -0.25) is 9.48 Å². The largest absolute Gasteiger partial charge is 0.370 e. The van der Waals surface area contributed by atoms with Crippen LogP contribution in [0.5, 0.6) is 0 Å². The van der Waals surface area contributed by atoms with E-state index in [1.807, 2.05) is 20.0 Å². The van der Waals surface area contributed by atoms with Crippen molar-refractivity contribution in [1.82, 2.24) is 14.8 Å². The Bertz CT molecular complexity index is 1130. The van der Waals surface area contributed by atoms with Crippen molar-refractivity contribution >= 4 is 28.3 Å². The van der Waals surface area contributed by atoms with Gasteiger partial charge in [0.15, 0.2) is 5.65 Å². The first-order valence-electron chi connectivity index (χ1n) is 10.7. The van der Waals surface area contributed by atoms with Crippen molar-refractivity contribution < 1.29 is 9.18 Å². The summed E-state index contributed by atoms with van der Waals surface area (Å²) in [6.45, 7) is 3.72. The third-order valence-electron chi connectivity index (χ3n) is 6.13. The lowest BCUT2D eigenvalue weighted by Crippen LogP contribution is -2.30. The molecule has 1 aliphatic heterocycles. The van der Waals surface area contributed by atoms with E-state index in [4.69, 9.17) is 4.98 Å². The van der Waals surface area contributed by atoms with Gasteiger partial charge in [-0.25, -0.2) is 9.37 Å². The van der Waals surface area contributed by atoms with Crippen molar-refractivity contribution in [3.8, 4) is 0 Å². The van der Waals surface area contributed by atoms with Crippen LogP contribution < -0.4 is 10.2 Å². The lowest BCUT2D eigenvalue weighted by atomic mass is 10.1. The molecule has 1 aliphatic carbocycles. The number of nitrogens with one attached hydrogen (secondary N) is 1. The van der Waals surface area contributed by atoms with E-state index in [2.05, 4.69) is 15.3 Å². The molecular formula is C23H26FN5O. The van der Waals surface area contributed by atoms with E-state index in [1.54, 1.807) is 10.7 Å². The molecule has 0 spiro atoms. The van der Waals surface area contributed by atoms with Crippen LogP contribution in [0, 0.1) is 12.7 Å².